The maximum Gasteiger partial charge on any atom is 0.347 e. The van der Waals surface area contributed by atoms with Crippen LogP contribution in [0.4, 0.5) is 0 Å². The first-order chi connectivity index (χ1) is 15.9. The molecule has 4 rings (SSSR count). The van der Waals surface area contributed by atoms with Crippen molar-refractivity contribution < 1.29 is 19.0 Å². The SMILES string of the molecule is COc1ccccc1C(=O)Oc1ccc2c(c1)OC(N)=C(C#N)C2c1ccc(C(C)C)cc1. The molecule has 0 radical (unpaired) electrons. The molecule has 6 heteroatoms. The molecular formula is C27H24N2O4. The van der Waals surface area contributed by atoms with Gasteiger partial charge in [-0.15, -0.1) is 0 Å². The van der Waals surface area contributed by atoms with E-state index in [1.54, 1.807) is 42.5 Å². The molecule has 1 aliphatic heterocycles. The highest BCUT2D eigenvalue weighted by Crippen LogP contribution is 2.43. The number of ether oxygens (including phenoxy) is 3. The number of fused-ring (bicyclic) bond motifs is 1. The molecular weight excluding hydrogens is 416 g/mol. The molecule has 1 heterocycles. The number of nitriles is 1. The minimum Gasteiger partial charge on any atom is -0.496 e. The Bertz CT molecular complexity index is 1270. The minimum atomic E-state index is -0.551. The molecule has 2 N–H and O–H groups in total. The number of benzene rings is 3. The third-order valence-electron chi connectivity index (χ3n) is 5.66. The zero-order chi connectivity index (χ0) is 23.5. The van der Waals surface area contributed by atoms with E-state index in [1.807, 2.05) is 12.1 Å². The summed E-state index contributed by atoms with van der Waals surface area (Å²) in [6.45, 7) is 4.26. The van der Waals surface area contributed by atoms with Gasteiger partial charge in [0.2, 0.25) is 5.88 Å². The number of hydrogen-bond acceptors (Lipinski definition) is 6. The van der Waals surface area contributed by atoms with Crippen molar-refractivity contribution in [3.63, 3.8) is 0 Å². The van der Waals surface area contributed by atoms with E-state index in [0.717, 1.165) is 11.1 Å². The van der Waals surface area contributed by atoms with Crippen LogP contribution in [0.2, 0.25) is 0 Å². The van der Waals surface area contributed by atoms with Crippen LogP contribution in [0.25, 0.3) is 0 Å². The Kier molecular flexibility index (Phi) is 6.05. The molecule has 0 amide bonds. The third-order valence-corrected chi connectivity index (χ3v) is 5.66. The van der Waals surface area contributed by atoms with E-state index in [0.29, 0.717) is 34.3 Å². The van der Waals surface area contributed by atoms with Gasteiger partial charge in [0.25, 0.3) is 0 Å². The van der Waals surface area contributed by atoms with Crippen LogP contribution in [-0.2, 0) is 0 Å². The third kappa shape index (κ3) is 4.26. The molecule has 1 aliphatic rings. The average Bonchev–Trinajstić information content (AvgIpc) is 2.83. The average molecular weight is 440 g/mol. The number of allylic oxidation sites excluding steroid dienone is 1. The quantitative estimate of drug-likeness (QED) is 0.430. The van der Waals surface area contributed by atoms with Gasteiger partial charge < -0.3 is 19.9 Å². The van der Waals surface area contributed by atoms with Gasteiger partial charge in [-0.25, -0.2) is 4.79 Å². The Morgan fingerprint density at radius 1 is 1.09 bits per heavy atom. The summed E-state index contributed by atoms with van der Waals surface area (Å²) in [5, 5.41) is 9.76. The number of hydrogen-bond donors (Lipinski definition) is 1. The summed E-state index contributed by atoms with van der Waals surface area (Å²) >= 11 is 0. The maximum absolute atomic E-state index is 12.7. The van der Waals surface area contributed by atoms with Gasteiger partial charge in [-0.1, -0.05) is 56.3 Å². The predicted octanol–water partition coefficient (Wildman–Crippen LogP) is 5.26. The summed E-state index contributed by atoms with van der Waals surface area (Å²) in [4.78, 5) is 12.7. The lowest BCUT2D eigenvalue weighted by Gasteiger charge is -2.27. The van der Waals surface area contributed by atoms with Crippen molar-refractivity contribution >= 4 is 5.97 Å². The first kappa shape index (κ1) is 22.0. The minimum absolute atomic E-state index is 0.0381. The number of carbonyl (C=O) groups excluding carboxylic acids is 1. The maximum atomic E-state index is 12.7. The number of esters is 1. The van der Waals surface area contributed by atoms with E-state index >= 15 is 0 Å². The molecule has 33 heavy (non-hydrogen) atoms. The lowest BCUT2D eigenvalue weighted by molar-refractivity contribution is 0.0731. The topological polar surface area (TPSA) is 94.6 Å². The van der Waals surface area contributed by atoms with Gasteiger partial charge in [0.1, 0.15) is 34.5 Å². The number of nitrogens with zero attached hydrogens (tertiary/aromatic N) is 1. The summed E-state index contributed by atoms with van der Waals surface area (Å²) in [6.07, 6.45) is 0. The van der Waals surface area contributed by atoms with Crippen molar-refractivity contribution in [2.75, 3.05) is 7.11 Å². The highest BCUT2D eigenvalue weighted by Gasteiger charge is 2.31. The first-order valence-corrected chi connectivity index (χ1v) is 10.6. The van der Waals surface area contributed by atoms with Crippen molar-refractivity contribution in [2.24, 2.45) is 5.73 Å². The number of methoxy groups -OCH3 is 1. The second-order valence-electron chi connectivity index (χ2n) is 8.04. The van der Waals surface area contributed by atoms with Gasteiger partial charge in [-0.05, 0) is 35.2 Å². The van der Waals surface area contributed by atoms with Crippen LogP contribution in [0.15, 0.2) is 78.2 Å². The highest BCUT2D eigenvalue weighted by atomic mass is 16.5. The molecule has 6 nitrogen and oxygen atoms in total. The van der Waals surface area contributed by atoms with Crippen LogP contribution in [0.3, 0.4) is 0 Å². The molecule has 3 aromatic rings. The smallest absolute Gasteiger partial charge is 0.347 e. The van der Waals surface area contributed by atoms with Crippen molar-refractivity contribution in [3.05, 3.63) is 100 Å². The Morgan fingerprint density at radius 2 is 1.82 bits per heavy atom. The molecule has 1 atom stereocenters. The van der Waals surface area contributed by atoms with Gasteiger partial charge >= 0.3 is 5.97 Å². The van der Waals surface area contributed by atoms with Crippen molar-refractivity contribution in [1.82, 2.24) is 0 Å². The van der Waals surface area contributed by atoms with E-state index < -0.39 is 5.97 Å². The normalized spacial score (nSPS) is 14.8. The lowest BCUT2D eigenvalue weighted by Crippen LogP contribution is -2.21. The number of nitrogens with two attached hydrogens (primary N) is 1. The van der Waals surface area contributed by atoms with Gasteiger partial charge in [0, 0.05) is 11.6 Å². The molecule has 0 saturated heterocycles. The summed E-state index contributed by atoms with van der Waals surface area (Å²) in [7, 11) is 1.49. The standard InChI is InChI=1S/C27H24N2O4/c1-16(2)17-8-10-18(11-9-17)25-20-13-12-19(14-24(20)33-26(29)22(25)15-28)32-27(30)21-6-4-5-7-23(21)31-3/h4-14,16,25H,29H2,1-3H3. The second kappa shape index (κ2) is 9.09. The first-order valence-electron chi connectivity index (χ1n) is 10.6. The molecule has 3 aromatic carbocycles. The molecule has 0 aromatic heterocycles. The zero-order valence-electron chi connectivity index (χ0n) is 18.7. The van der Waals surface area contributed by atoms with E-state index in [1.165, 1.54) is 12.7 Å². The fourth-order valence-corrected chi connectivity index (χ4v) is 3.89. The fraction of sp³-hybridized carbons (Fsp3) is 0.185. The van der Waals surface area contributed by atoms with Crippen LogP contribution in [0.1, 0.15) is 52.7 Å². The largest absolute Gasteiger partial charge is 0.496 e. The van der Waals surface area contributed by atoms with E-state index in [9.17, 15) is 10.1 Å². The van der Waals surface area contributed by atoms with Crippen LogP contribution in [0.5, 0.6) is 17.2 Å². The predicted molar refractivity (Wildman–Crippen MR) is 124 cm³/mol. The number of para-hydroxylation sites is 1. The summed E-state index contributed by atoms with van der Waals surface area (Å²) in [5.74, 6) is 0.673. The van der Waals surface area contributed by atoms with Crippen LogP contribution in [0, 0.1) is 11.3 Å². The van der Waals surface area contributed by atoms with Crippen molar-refractivity contribution in [2.45, 2.75) is 25.7 Å². The monoisotopic (exact) mass is 440 g/mol. The molecule has 0 spiro atoms. The summed E-state index contributed by atoms with van der Waals surface area (Å²) in [6, 6.07) is 22.3. The van der Waals surface area contributed by atoms with Gasteiger partial charge in [-0.2, -0.15) is 5.26 Å². The van der Waals surface area contributed by atoms with E-state index in [4.69, 9.17) is 19.9 Å². The molecule has 0 aliphatic carbocycles. The fourth-order valence-electron chi connectivity index (χ4n) is 3.89. The lowest BCUT2D eigenvalue weighted by atomic mass is 9.83. The number of rotatable bonds is 5. The molecule has 0 saturated carbocycles. The Hall–Kier alpha value is -4.24. The summed E-state index contributed by atoms with van der Waals surface area (Å²) < 4.78 is 16.5. The second-order valence-corrected chi connectivity index (χ2v) is 8.04. The molecule has 166 valence electrons. The Morgan fingerprint density at radius 3 is 2.48 bits per heavy atom. The van der Waals surface area contributed by atoms with Crippen molar-refractivity contribution in [1.29, 1.82) is 5.26 Å². The van der Waals surface area contributed by atoms with Crippen LogP contribution >= 0.6 is 0 Å². The molecule has 0 fully saturated rings. The Labute approximate surface area is 192 Å². The van der Waals surface area contributed by atoms with Gasteiger partial charge in [-0.3, -0.25) is 0 Å². The van der Waals surface area contributed by atoms with Gasteiger partial charge in [0.05, 0.1) is 13.0 Å². The van der Waals surface area contributed by atoms with E-state index in [-0.39, 0.29) is 11.8 Å². The van der Waals surface area contributed by atoms with Crippen LogP contribution < -0.4 is 19.9 Å². The van der Waals surface area contributed by atoms with E-state index in [2.05, 4.69) is 32.0 Å². The molecule has 1 unspecified atom stereocenters. The van der Waals surface area contributed by atoms with Crippen molar-refractivity contribution in [3.8, 4) is 23.3 Å². The zero-order valence-corrected chi connectivity index (χ0v) is 18.7. The number of carbonyl (C=O) groups is 1. The molecule has 0 bridgehead atoms. The Balaban J connectivity index is 1.68. The highest BCUT2D eigenvalue weighted by molar-refractivity contribution is 5.94. The van der Waals surface area contributed by atoms with Gasteiger partial charge in [0.15, 0.2) is 0 Å². The summed E-state index contributed by atoms with van der Waals surface area (Å²) in [5.41, 5.74) is 9.67. The van der Waals surface area contributed by atoms with Crippen LogP contribution in [-0.4, -0.2) is 13.1 Å².